The molecule has 0 fully saturated rings. The number of hydrogen-bond acceptors (Lipinski definition) is 8. The van der Waals surface area contributed by atoms with E-state index in [1.165, 1.54) is 28.7 Å². The molecule has 40 heavy (non-hydrogen) atoms. The van der Waals surface area contributed by atoms with Gasteiger partial charge >= 0.3 is 5.97 Å². The molecule has 2 aromatic heterocycles. The van der Waals surface area contributed by atoms with Gasteiger partial charge in [0.15, 0.2) is 5.16 Å². The lowest BCUT2D eigenvalue weighted by Crippen LogP contribution is -2.30. The summed E-state index contributed by atoms with van der Waals surface area (Å²) >= 11 is 2.88. The molecule has 1 amide bonds. The molecule has 0 bridgehead atoms. The average Bonchev–Trinajstić information content (AvgIpc) is 3.49. The Bertz CT molecular complexity index is 1480. The highest BCUT2D eigenvalue weighted by molar-refractivity contribution is 8.00. The highest BCUT2D eigenvalue weighted by Crippen LogP contribution is 2.39. The van der Waals surface area contributed by atoms with E-state index in [4.69, 9.17) is 14.5 Å². The Kier molecular flexibility index (Phi) is 9.21. The summed E-state index contributed by atoms with van der Waals surface area (Å²) in [5, 5.41) is 3.95. The van der Waals surface area contributed by atoms with Gasteiger partial charge in [0.25, 0.3) is 0 Å². The predicted octanol–water partition coefficient (Wildman–Crippen LogP) is 5.60. The Hall–Kier alpha value is -3.18. The molecule has 4 aromatic rings. The van der Waals surface area contributed by atoms with Crippen molar-refractivity contribution in [1.82, 2.24) is 14.5 Å². The van der Waals surface area contributed by atoms with Crippen LogP contribution in [0.2, 0.25) is 0 Å². The first kappa shape index (κ1) is 28.4. The molecule has 1 unspecified atom stereocenters. The van der Waals surface area contributed by atoms with Crippen molar-refractivity contribution in [3.63, 3.8) is 0 Å². The number of rotatable bonds is 11. The van der Waals surface area contributed by atoms with Crippen molar-refractivity contribution in [3.8, 4) is 0 Å². The quantitative estimate of drug-likeness (QED) is 0.183. The standard InChI is InChI=1S/C30H34N4O4S2/c1-4-38-29(36)26-22-14-15-33(18-21-10-6-5-7-11-21)19-25(22)40-28(26)32-27(35)20(2)39-30-31-23-12-8-9-13-24(23)34(30)16-17-37-3/h5-13,20H,4,14-19H2,1-3H3,(H,32,35). The summed E-state index contributed by atoms with van der Waals surface area (Å²) in [5.74, 6) is -0.561. The molecule has 5 rings (SSSR count). The van der Waals surface area contributed by atoms with E-state index in [1.807, 2.05) is 49.4 Å². The number of fused-ring (bicyclic) bond motifs is 2. The summed E-state index contributed by atoms with van der Waals surface area (Å²) in [6.07, 6.45) is 0.733. The predicted molar refractivity (Wildman–Crippen MR) is 160 cm³/mol. The number of benzene rings is 2. The number of imidazole rings is 1. The molecule has 2 aromatic carbocycles. The van der Waals surface area contributed by atoms with Gasteiger partial charge < -0.3 is 19.4 Å². The Morgan fingerprint density at radius 2 is 1.93 bits per heavy atom. The molecule has 10 heteroatoms. The molecule has 0 spiro atoms. The fourth-order valence-corrected chi connectivity index (χ4v) is 7.14. The molecule has 0 aliphatic carbocycles. The summed E-state index contributed by atoms with van der Waals surface area (Å²) in [6.45, 7) is 7.52. The fourth-order valence-electron chi connectivity index (χ4n) is 4.91. The molecular formula is C30H34N4O4S2. The maximum atomic E-state index is 13.5. The zero-order chi connectivity index (χ0) is 28.1. The highest BCUT2D eigenvalue weighted by Gasteiger charge is 2.30. The smallest absolute Gasteiger partial charge is 0.341 e. The summed E-state index contributed by atoms with van der Waals surface area (Å²) in [7, 11) is 1.67. The van der Waals surface area contributed by atoms with Crippen molar-refractivity contribution in [2.24, 2.45) is 0 Å². The van der Waals surface area contributed by atoms with Crippen LogP contribution in [0.1, 0.15) is 40.2 Å². The second-order valence-corrected chi connectivity index (χ2v) is 12.1. The lowest BCUT2D eigenvalue weighted by molar-refractivity contribution is -0.115. The van der Waals surface area contributed by atoms with Gasteiger partial charge in [0, 0.05) is 38.2 Å². The lowest BCUT2D eigenvalue weighted by Gasteiger charge is -2.27. The molecule has 1 atom stereocenters. The van der Waals surface area contributed by atoms with Crippen molar-refractivity contribution in [1.29, 1.82) is 0 Å². The van der Waals surface area contributed by atoms with Crippen molar-refractivity contribution >= 4 is 51.0 Å². The Balaban J connectivity index is 1.35. The topological polar surface area (TPSA) is 85.7 Å². The highest BCUT2D eigenvalue weighted by atomic mass is 32.2. The number of esters is 1. The maximum Gasteiger partial charge on any atom is 0.341 e. The minimum atomic E-state index is -0.443. The van der Waals surface area contributed by atoms with Crippen LogP contribution in [0.25, 0.3) is 11.0 Å². The average molecular weight is 579 g/mol. The molecule has 0 radical (unpaired) electrons. The van der Waals surface area contributed by atoms with Gasteiger partial charge in [-0.1, -0.05) is 54.2 Å². The zero-order valence-corrected chi connectivity index (χ0v) is 24.6. The largest absolute Gasteiger partial charge is 0.462 e. The van der Waals surface area contributed by atoms with E-state index in [1.54, 1.807) is 14.0 Å². The van der Waals surface area contributed by atoms with Crippen LogP contribution in [-0.2, 0) is 40.3 Å². The van der Waals surface area contributed by atoms with Crippen LogP contribution in [0.3, 0.4) is 0 Å². The minimum Gasteiger partial charge on any atom is -0.462 e. The van der Waals surface area contributed by atoms with Crippen LogP contribution in [-0.4, -0.2) is 58.4 Å². The molecule has 210 valence electrons. The van der Waals surface area contributed by atoms with Gasteiger partial charge in [0.2, 0.25) is 5.91 Å². The lowest BCUT2D eigenvalue weighted by atomic mass is 10.0. The molecule has 1 aliphatic heterocycles. The third kappa shape index (κ3) is 6.25. The van der Waals surface area contributed by atoms with Crippen LogP contribution >= 0.6 is 23.1 Å². The number of nitrogens with zero attached hydrogens (tertiary/aromatic N) is 3. The second kappa shape index (κ2) is 13.0. The van der Waals surface area contributed by atoms with E-state index >= 15 is 0 Å². The summed E-state index contributed by atoms with van der Waals surface area (Å²) < 4.78 is 12.8. The number of amides is 1. The van der Waals surface area contributed by atoms with Crippen LogP contribution < -0.4 is 5.32 Å². The van der Waals surface area contributed by atoms with E-state index in [9.17, 15) is 9.59 Å². The fraction of sp³-hybridized carbons (Fsp3) is 0.367. The van der Waals surface area contributed by atoms with E-state index < -0.39 is 5.25 Å². The number of carbonyl (C=O) groups excluding carboxylic acids is 2. The van der Waals surface area contributed by atoms with Gasteiger partial charge in [-0.05, 0) is 43.5 Å². The Morgan fingerprint density at radius 3 is 2.70 bits per heavy atom. The van der Waals surface area contributed by atoms with E-state index in [0.717, 1.165) is 52.7 Å². The van der Waals surface area contributed by atoms with Gasteiger partial charge in [0.05, 0.1) is 35.1 Å². The number of hydrogen-bond donors (Lipinski definition) is 1. The Labute approximate surface area is 242 Å². The van der Waals surface area contributed by atoms with Gasteiger partial charge in [-0.3, -0.25) is 9.69 Å². The first-order valence-electron chi connectivity index (χ1n) is 13.5. The number of ether oxygens (including phenoxy) is 2. The summed E-state index contributed by atoms with van der Waals surface area (Å²) in [6, 6.07) is 18.3. The molecule has 1 aliphatic rings. The molecule has 0 saturated heterocycles. The molecule has 1 N–H and O–H groups in total. The van der Waals surface area contributed by atoms with Crippen molar-refractivity contribution in [2.75, 3.05) is 32.2 Å². The van der Waals surface area contributed by atoms with Gasteiger partial charge in [-0.25, -0.2) is 9.78 Å². The van der Waals surface area contributed by atoms with Crippen LogP contribution in [0.4, 0.5) is 5.00 Å². The molecule has 3 heterocycles. The monoisotopic (exact) mass is 578 g/mol. The molecule has 8 nitrogen and oxygen atoms in total. The van der Waals surface area contributed by atoms with Crippen LogP contribution in [0.5, 0.6) is 0 Å². The first-order valence-corrected chi connectivity index (χ1v) is 15.2. The van der Waals surface area contributed by atoms with Gasteiger partial charge in [-0.2, -0.15) is 0 Å². The maximum absolute atomic E-state index is 13.5. The van der Waals surface area contributed by atoms with Gasteiger partial charge in [0.1, 0.15) is 5.00 Å². The number of thioether (sulfide) groups is 1. The number of para-hydroxylation sites is 2. The van der Waals surface area contributed by atoms with Crippen molar-refractivity contribution in [3.05, 3.63) is 76.2 Å². The summed E-state index contributed by atoms with van der Waals surface area (Å²) in [4.78, 5) is 34.8. The third-order valence-electron chi connectivity index (χ3n) is 6.89. The number of aromatic nitrogens is 2. The zero-order valence-electron chi connectivity index (χ0n) is 23.0. The van der Waals surface area contributed by atoms with Gasteiger partial charge in [-0.15, -0.1) is 11.3 Å². The van der Waals surface area contributed by atoms with E-state index in [2.05, 4.69) is 26.9 Å². The number of methoxy groups -OCH3 is 1. The van der Waals surface area contributed by atoms with Crippen LogP contribution in [0, 0.1) is 0 Å². The number of thiophene rings is 1. The number of anilines is 1. The SMILES string of the molecule is CCOC(=O)c1c(NC(=O)C(C)Sc2nc3ccccc3n2CCOC)sc2c1CCN(Cc1ccccc1)C2. The third-order valence-corrected chi connectivity index (χ3v) is 9.11. The second-order valence-electron chi connectivity index (χ2n) is 9.65. The van der Waals surface area contributed by atoms with Crippen LogP contribution in [0.15, 0.2) is 59.8 Å². The molecular weight excluding hydrogens is 544 g/mol. The minimum absolute atomic E-state index is 0.180. The van der Waals surface area contributed by atoms with Crippen molar-refractivity contribution in [2.45, 2.75) is 50.3 Å². The normalized spacial score (nSPS) is 14.2. The summed E-state index contributed by atoms with van der Waals surface area (Å²) in [5.41, 5.74) is 4.63. The van der Waals surface area contributed by atoms with Crippen molar-refractivity contribution < 1.29 is 19.1 Å². The number of nitrogens with one attached hydrogen (secondary N) is 1. The number of carbonyl (C=O) groups is 2. The Morgan fingerprint density at radius 1 is 1.15 bits per heavy atom. The van der Waals surface area contributed by atoms with E-state index in [-0.39, 0.29) is 18.5 Å². The molecule has 0 saturated carbocycles. The van der Waals surface area contributed by atoms with E-state index in [0.29, 0.717) is 23.7 Å². The first-order chi connectivity index (χ1) is 19.5.